The van der Waals surface area contributed by atoms with Gasteiger partial charge < -0.3 is 5.32 Å². The second kappa shape index (κ2) is 6.11. The van der Waals surface area contributed by atoms with Crippen molar-refractivity contribution in [3.63, 3.8) is 0 Å². The van der Waals surface area contributed by atoms with E-state index in [0.717, 1.165) is 22.4 Å². The number of aryl methyl sites for hydroxylation is 4. The number of benzene rings is 2. The first-order chi connectivity index (χ1) is 11.4. The van der Waals surface area contributed by atoms with Crippen molar-refractivity contribution < 1.29 is 9.59 Å². The summed E-state index contributed by atoms with van der Waals surface area (Å²) in [6, 6.07) is 11.1. The minimum Gasteiger partial charge on any atom is -0.373 e. The number of para-hydroxylation sites is 1. The second-order valence-corrected chi connectivity index (χ2v) is 6.53. The summed E-state index contributed by atoms with van der Waals surface area (Å²) in [4.78, 5) is 26.5. The zero-order valence-electron chi connectivity index (χ0n) is 14.5. The first-order valence-corrected chi connectivity index (χ1v) is 8.15. The first kappa shape index (κ1) is 16.2. The fourth-order valence-electron chi connectivity index (χ4n) is 3.39. The average molecular weight is 322 g/mol. The molecule has 0 saturated carbocycles. The van der Waals surface area contributed by atoms with Crippen molar-refractivity contribution in [3.8, 4) is 0 Å². The molecule has 1 saturated heterocycles. The van der Waals surface area contributed by atoms with Gasteiger partial charge in [0.2, 0.25) is 5.91 Å². The van der Waals surface area contributed by atoms with E-state index in [1.165, 1.54) is 10.5 Å². The molecule has 1 N–H and O–H groups in total. The highest BCUT2D eigenvalue weighted by atomic mass is 16.2. The molecule has 2 aromatic carbocycles. The van der Waals surface area contributed by atoms with E-state index in [0.29, 0.717) is 5.69 Å². The minimum absolute atomic E-state index is 0.158. The number of anilines is 2. The van der Waals surface area contributed by atoms with Crippen molar-refractivity contribution in [2.45, 2.75) is 40.2 Å². The van der Waals surface area contributed by atoms with Gasteiger partial charge >= 0.3 is 0 Å². The summed E-state index contributed by atoms with van der Waals surface area (Å²) in [6.45, 7) is 7.99. The quantitative estimate of drug-likeness (QED) is 0.877. The molecule has 24 heavy (non-hydrogen) atoms. The highest BCUT2D eigenvalue weighted by molar-refractivity contribution is 6.23. The molecule has 3 rings (SSSR count). The van der Waals surface area contributed by atoms with Gasteiger partial charge in [-0.3, -0.25) is 9.59 Å². The van der Waals surface area contributed by atoms with Gasteiger partial charge in [-0.25, -0.2) is 4.90 Å². The molecule has 1 aliphatic heterocycles. The van der Waals surface area contributed by atoms with Crippen LogP contribution < -0.4 is 10.2 Å². The molecule has 2 aromatic rings. The number of nitrogens with one attached hydrogen (secondary N) is 1. The molecule has 0 unspecified atom stereocenters. The van der Waals surface area contributed by atoms with E-state index in [1.54, 1.807) is 0 Å². The van der Waals surface area contributed by atoms with Crippen LogP contribution in [0.15, 0.2) is 36.4 Å². The van der Waals surface area contributed by atoms with Crippen LogP contribution in [-0.2, 0) is 9.59 Å². The molecule has 1 atom stereocenters. The van der Waals surface area contributed by atoms with Crippen LogP contribution in [0, 0.1) is 27.7 Å². The van der Waals surface area contributed by atoms with Crippen molar-refractivity contribution >= 4 is 23.2 Å². The number of carbonyl (C=O) groups excluding carboxylic acids is 2. The van der Waals surface area contributed by atoms with Crippen LogP contribution in [0.1, 0.15) is 28.7 Å². The fourth-order valence-corrected chi connectivity index (χ4v) is 3.39. The summed E-state index contributed by atoms with van der Waals surface area (Å²) < 4.78 is 0. The fraction of sp³-hybridized carbons (Fsp3) is 0.300. The zero-order chi connectivity index (χ0) is 17.4. The molecule has 1 fully saturated rings. The Bertz CT molecular complexity index is 803. The molecule has 0 radical (unpaired) electrons. The van der Waals surface area contributed by atoms with Crippen LogP contribution in [-0.4, -0.2) is 17.9 Å². The summed E-state index contributed by atoms with van der Waals surface area (Å²) >= 11 is 0. The number of hydrogen-bond donors (Lipinski definition) is 1. The molecule has 0 aliphatic carbocycles. The van der Waals surface area contributed by atoms with Gasteiger partial charge in [-0.1, -0.05) is 35.9 Å². The monoisotopic (exact) mass is 322 g/mol. The lowest BCUT2D eigenvalue weighted by Gasteiger charge is -2.20. The molecular weight excluding hydrogens is 300 g/mol. The van der Waals surface area contributed by atoms with Crippen molar-refractivity contribution in [3.05, 3.63) is 58.7 Å². The largest absolute Gasteiger partial charge is 0.373 e. The third kappa shape index (κ3) is 2.80. The Morgan fingerprint density at radius 3 is 2.21 bits per heavy atom. The molecule has 4 heteroatoms. The van der Waals surface area contributed by atoms with E-state index in [-0.39, 0.29) is 18.2 Å². The third-order valence-electron chi connectivity index (χ3n) is 4.50. The number of carbonyl (C=O) groups is 2. The Morgan fingerprint density at radius 1 is 0.958 bits per heavy atom. The Balaban J connectivity index is 1.89. The van der Waals surface area contributed by atoms with Crippen LogP contribution in [0.25, 0.3) is 0 Å². The Morgan fingerprint density at radius 2 is 1.58 bits per heavy atom. The van der Waals surface area contributed by atoms with Gasteiger partial charge in [0.1, 0.15) is 6.04 Å². The van der Waals surface area contributed by atoms with Crippen molar-refractivity contribution in [2.24, 2.45) is 0 Å². The van der Waals surface area contributed by atoms with Gasteiger partial charge in [-0.15, -0.1) is 0 Å². The molecule has 2 amide bonds. The summed E-state index contributed by atoms with van der Waals surface area (Å²) in [5.74, 6) is -0.345. The topological polar surface area (TPSA) is 49.4 Å². The molecule has 0 aromatic heterocycles. The maximum Gasteiger partial charge on any atom is 0.256 e. The molecule has 124 valence electrons. The Labute approximate surface area is 142 Å². The highest BCUT2D eigenvalue weighted by Gasteiger charge is 2.40. The molecule has 4 nitrogen and oxygen atoms in total. The number of nitrogens with zero attached hydrogens (tertiary/aromatic N) is 1. The van der Waals surface area contributed by atoms with E-state index in [2.05, 4.69) is 17.4 Å². The van der Waals surface area contributed by atoms with Crippen molar-refractivity contribution in [1.29, 1.82) is 0 Å². The van der Waals surface area contributed by atoms with Gasteiger partial charge in [-0.2, -0.15) is 0 Å². The van der Waals surface area contributed by atoms with Crippen LogP contribution in [0.4, 0.5) is 11.4 Å². The SMILES string of the molecule is Cc1cc(C)c(N[C@H]2CC(=O)N(c3ccccc3C)C2=O)c(C)c1. The average Bonchev–Trinajstić information content (AvgIpc) is 2.78. The van der Waals surface area contributed by atoms with Crippen molar-refractivity contribution in [2.75, 3.05) is 10.2 Å². The van der Waals surface area contributed by atoms with Crippen LogP contribution in [0.2, 0.25) is 0 Å². The summed E-state index contributed by atoms with van der Waals surface area (Å²) in [7, 11) is 0. The lowest BCUT2D eigenvalue weighted by atomic mass is 10.0. The van der Waals surface area contributed by atoms with E-state index in [4.69, 9.17) is 0 Å². The maximum atomic E-state index is 12.8. The lowest BCUT2D eigenvalue weighted by Crippen LogP contribution is -2.35. The molecule has 1 heterocycles. The maximum absolute atomic E-state index is 12.8. The van der Waals surface area contributed by atoms with Crippen LogP contribution in [0.5, 0.6) is 0 Å². The van der Waals surface area contributed by atoms with Crippen LogP contribution >= 0.6 is 0 Å². The Kier molecular flexibility index (Phi) is 4.14. The van der Waals surface area contributed by atoms with Gasteiger partial charge in [0.25, 0.3) is 5.91 Å². The van der Waals surface area contributed by atoms with E-state index < -0.39 is 6.04 Å². The van der Waals surface area contributed by atoms with E-state index in [1.807, 2.05) is 52.0 Å². The number of rotatable bonds is 3. The molecule has 1 aliphatic rings. The van der Waals surface area contributed by atoms with Gasteiger partial charge in [0.05, 0.1) is 12.1 Å². The summed E-state index contributed by atoms with van der Waals surface area (Å²) in [5, 5.41) is 3.29. The Hall–Kier alpha value is -2.62. The second-order valence-electron chi connectivity index (χ2n) is 6.53. The normalized spacial score (nSPS) is 17.5. The van der Waals surface area contributed by atoms with E-state index >= 15 is 0 Å². The smallest absolute Gasteiger partial charge is 0.256 e. The van der Waals surface area contributed by atoms with E-state index in [9.17, 15) is 9.59 Å². The standard InChI is InChI=1S/C20H22N2O2/c1-12-9-14(3)19(15(4)10-12)21-16-11-18(23)22(20(16)24)17-8-6-5-7-13(17)2/h5-10,16,21H,11H2,1-4H3/t16-/m0/s1. The lowest BCUT2D eigenvalue weighted by molar-refractivity contribution is -0.121. The molecule has 0 bridgehead atoms. The summed E-state index contributed by atoms with van der Waals surface area (Å²) in [6.07, 6.45) is 0.180. The van der Waals surface area contributed by atoms with Gasteiger partial charge in [-0.05, 0) is 50.5 Å². The predicted octanol–water partition coefficient (Wildman–Crippen LogP) is 3.66. The highest BCUT2D eigenvalue weighted by Crippen LogP contribution is 2.29. The first-order valence-electron chi connectivity index (χ1n) is 8.15. The van der Waals surface area contributed by atoms with Crippen LogP contribution in [0.3, 0.4) is 0 Å². The predicted molar refractivity (Wildman–Crippen MR) is 96.4 cm³/mol. The summed E-state index contributed by atoms with van der Waals surface area (Å²) in [5.41, 5.74) is 5.89. The molecular formula is C20H22N2O2. The minimum atomic E-state index is -0.516. The van der Waals surface area contributed by atoms with Gasteiger partial charge in [0, 0.05) is 5.69 Å². The third-order valence-corrected chi connectivity index (χ3v) is 4.50. The number of amides is 2. The zero-order valence-corrected chi connectivity index (χ0v) is 14.5. The molecule has 0 spiro atoms. The number of hydrogen-bond acceptors (Lipinski definition) is 3. The van der Waals surface area contributed by atoms with Gasteiger partial charge in [0.15, 0.2) is 0 Å². The number of imide groups is 1. The van der Waals surface area contributed by atoms with Crippen molar-refractivity contribution in [1.82, 2.24) is 0 Å².